The second kappa shape index (κ2) is 5.70. The third-order valence-corrected chi connectivity index (χ3v) is 3.69. The molecule has 0 radical (unpaired) electrons. The third kappa shape index (κ3) is 3.13. The van der Waals surface area contributed by atoms with E-state index in [0.29, 0.717) is 11.6 Å². The average molecular weight is 264 g/mol. The van der Waals surface area contributed by atoms with Crippen LogP contribution in [0.2, 0.25) is 0 Å². The molecule has 1 aliphatic rings. The highest BCUT2D eigenvalue weighted by molar-refractivity contribution is 5.99. The second-order valence-corrected chi connectivity index (χ2v) is 5.38. The Labute approximate surface area is 114 Å². The average Bonchev–Trinajstić information content (AvgIpc) is 2.50. The summed E-state index contributed by atoms with van der Waals surface area (Å²) in [7, 11) is 2.11. The third-order valence-electron chi connectivity index (χ3n) is 3.69. The molecule has 1 atom stereocenters. The number of ketones is 1. The molecule has 1 aromatic rings. The molecule has 0 spiro atoms. The van der Waals surface area contributed by atoms with Crippen molar-refractivity contribution in [2.75, 3.05) is 31.6 Å². The summed E-state index contributed by atoms with van der Waals surface area (Å²) in [6.07, 6.45) is 1.05. The molecule has 1 unspecified atom stereocenters. The smallest absolute Gasteiger partial charge is 0.161 e. The normalized spacial score (nSPS) is 21.3. The fourth-order valence-electron chi connectivity index (χ4n) is 2.77. The fraction of sp³-hybridized carbons (Fsp3) is 0.533. The molecule has 0 aliphatic carbocycles. The molecule has 1 heterocycles. The first kappa shape index (κ1) is 14.0. The molecule has 1 fully saturated rings. The second-order valence-electron chi connectivity index (χ2n) is 5.38. The maximum atomic E-state index is 13.3. The van der Waals surface area contributed by atoms with E-state index < -0.39 is 0 Å². The van der Waals surface area contributed by atoms with E-state index in [1.807, 2.05) is 0 Å². The lowest BCUT2D eigenvalue weighted by Gasteiger charge is -2.31. The summed E-state index contributed by atoms with van der Waals surface area (Å²) in [5, 5.41) is 0. The van der Waals surface area contributed by atoms with Crippen LogP contribution in [0.4, 0.5) is 10.1 Å². The highest BCUT2D eigenvalue weighted by Crippen LogP contribution is 2.26. The van der Waals surface area contributed by atoms with Crippen LogP contribution in [0.3, 0.4) is 0 Å². The molecule has 1 aromatic carbocycles. The zero-order valence-electron chi connectivity index (χ0n) is 11.8. The molecule has 0 amide bonds. The molecule has 3 nitrogen and oxygen atoms in total. The van der Waals surface area contributed by atoms with Gasteiger partial charge in [-0.2, -0.15) is 0 Å². The molecule has 104 valence electrons. The van der Waals surface area contributed by atoms with Gasteiger partial charge in [0, 0.05) is 30.4 Å². The van der Waals surface area contributed by atoms with Gasteiger partial charge in [-0.25, -0.2) is 4.39 Å². The van der Waals surface area contributed by atoms with E-state index in [1.54, 1.807) is 6.07 Å². The Morgan fingerprint density at radius 2 is 2.11 bits per heavy atom. The summed E-state index contributed by atoms with van der Waals surface area (Å²) in [4.78, 5) is 16.2. The van der Waals surface area contributed by atoms with Crippen molar-refractivity contribution in [1.82, 2.24) is 4.90 Å². The van der Waals surface area contributed by atoms with E-state index in [0.717, 1.165) is 31.7 Å². The van der Waals surface area contributed by atoms with Crippen LogP contribution < -0.4 is 4.90 Å². The lowest BCUT2D eigenvalue weighted by molar-refractivity contribution is 0.101. The first-order valence-corrected chi connectivity index (χ1v) is 6.74. The molecule has 2 rings (SSSR count). The Hall–Kier alpha value is -1.42. The van der Waals surface area contributed by atoms with Crippen molar-refractivity contribution in [3.05, 3.63) is 29.6 Å². The number of likely N-dealkylation sites (N-methyl/N-ethyl adjacent to an activating group) is 1. The van der Waals surface area contributed by atoms with Gasteiger partial charge in [0.05, 0.1) is 0 Å². The standard InChI is InChI=1S/C15H21FN2O/c1-11-10-17(3)7-4-8-18(11)15-6-5-13(16)9-14(15)12(2)19/h5-6,9,11H,4,7-8,10H2,1-3H3. The van der Waals surface area contributed by atoms with Gasteiger partial charge in [-0.15, -0.1) is 0 Å². The minimum atomic E-state index is -0.353. The number of nitrogens with zero attached hydrogens (tertiary/aromatic N) is 2. The number of hydrogen-bond donors (Lipinski definition) is 0. The number of carbonyl (C=O) groups excluding carboxylic acids is 1. The molecule has 0 aromatic heterocycles. The van der Waals surface area contributed by atoms with Gasteiger partial charge in [0.2, 0.25) is 0 Å². The van der Waals surface area contributed by atoms with Gasteiger partial charge in [0.25, 0.3) is 0 Å². The zero-order chi connectivity index (χ0) is 14.0. The number of carbonyl (C=O) groups is 1. The molecule has 0 N–H and O–H groups in total. The molecular weight excluding hydrogens is 243 g/mol. The van der Waals surface area contributed by atoms with Crippen molar-refractivity contribution in [1.29, 1.82) is 0 Å². The van der Waals surface area contributed by atoms with Crippen LogP contribution in [0.15, 0.2) is 18.2 Å². The van der Waals surface area contributed by atoms with Crippen molar-refractivity contribution in [2.45, 2.75) is 26.3 Å². The van der Waals surface area contributed by atoms with Gasteiger partial charge in [-0.05, 0) is 52.1 Å². The zero-order valence-corrected chi connectivity index (χ0v) is 11.8. The van der Waals surface area contributed by atoms with Gasteiger partial charge in [0.15, 0.2) is 5.78 Å². The van der Waals surface area contributed by atoms with E-state index in [2.05, 4.69) is 23.8 Å². The topological polar surface area (TPSA) is 23.6 Å². The number of anilines is 1. The van der Waals surface area contributed by atoms with Crippen LogP contribution in [0.5, 0.6) is 0 Å². The van der Waals surface area contributed by atoms with Gasteiger partial charge < -0.3 is 9.80 Å². The number of halogens is 1. The lowest BCUT2D eigenvalue weighted by Crippen LogP contribution is -2.38. The summed E-state index contributed by atoms with van der Waals surface area (Å²) in [6.45, 7) is 6.55. The largest absolute Gasteiger partial charge is 0.367 e. The maximum Gasteiger partial charge on any atom is 0.161 e. The molecule has 1 aliphatic heterocycles. The van der Waals surface area contributed by atoms with E-state index in [1.165, 1.54) is 19.1 Å². The van der Waals surface area contributed by atoms with E-state index in [-0.39, 0.29) is 11.6 Å². The van der Waals surface area contributed by atoms with E-state index in [4.69, 9.17) is 0 Å². The Bertz CT molecular complexity index is 475. The molecule has 1 saturated heterocycles. The minimum Gasteiger partial charge on any atom is -0.367 e. The first-order chi connectivity index (χ1) is 8.99. The van der Waals surface area contributed by atoms with Gasteiger partial charge in [-0.1, -0.05) is 0 Å². The summed E-state index contributed by atoms with van der Waals surface area (Å²) < 4.78 is 13.3. The van der Waals surface area contributed by atoms with Crippen LogP contribution in [-0.2, 0) is 0 Å². The van der Waals surface area contributed by atoms with Crippen molar-refractivity contribution in [3.63, 3.8) is 0 Å². The molecule has 0 bridgehead atoms. The van der Waals surface area contributed by atoms with Gasteiger partial charge >= 0.3 is 0 Å². The predicted molar refractivity (Wildman–Crippen MR) is 75.3 cm³/mol. The lowest BCUT2D eigenvalue weighted by atomic mass is 10.1. The number of benzene rings is 1. The fourth-order valence-corrected chi connectivity index (χ4v) is 2.77. The number of Topliss-reactive ketones (excluding diaryl/α,β-unsaturated/α-hetero) is 1. The first-order valence-electron chi connectivity index (χ1n) is 6.74. The quantitative estimate of drug-likeness (QED) is 0.767. The summed E-state index contributed by atoms with van der Waals surface area (Å²) in [5.41, 5.74) is 1.34. The van der Waals surface area contributed by atoms with Crippen LogP contribution in [0, 0.1) is 5.82 Å². The van der Waals surface area contributed by atoms with E-state index >= 15 is 0 Å². The number of hydrogen-bond acceptors (Lipinski definition) is 3. The molecule has 19 heavy (non-hydrogen) atoms. The van der Waals surface area contributed by atoms with Crippen molar-refractivity contribution in [3.8, 4) is 0 Å². The van der Waals surface area contributed by atoms with Crippen molar-refractivity contribution in [2.24, 2.45) is 0 Å². The highest BCUT2D eigenvalue weighted by atomic mass is 19.1. The van der Waals surface area contributed by atoms with Gasteiger partial charge in [-0.3, -0.25) is 4.79 Å². The van der Waals surface area contributed by atoms with Crippen molar-refractivity contribution >= 4 is 11.5 Å². The Morgan fingerprint density at radius 3 is 2.79 bits per heavy atom. The molecular formula is C15H21FN2O. The monoisotopic (exact) mass is 264 g/mol. The Balaban J connectivity index is 2.37. The minimum absolute atomic E-state index is 0.0840. The molecule has 0 saturated carbocycles. The number of rotatable bonds is 2. The predicted octanol–water partition coefficient (Wildman–Crippen LogP) is 2.56. The Kier molecular flexibility index (Phi) is 4.20. The summed E-state index contributed by atoms with van der Waals surface area (Å²) in [6, 6.07) is 4.83. The molecule has 4 heteroatoms. The highest BCUT2D eigenvalue weighted by Gasteiger charge is 2.23. The van der Waals surface area contributed by atoms with Crippen LogP contribution in [0.1, 0.15) is 30.6 Å². The van der Waals surface area contributed by atoms with Gasteiger partial charge in [0.1, 0.15) is 5.82 Å². The summed E-state index contributed by atoms with van der Waals surface area (Å²) >= 11 is 0. The van der Waals surface area contributed by atoms with E-state index in [9.17, 15) is 9.18 Å². The van der Waals surface area contributed by atoms with Crippen molar-refractivity contribution < 1.29 is 9.18 Å². The SMILES string of the molecule is CC(=O)c1cc(F)ccc1N1CCCN(C)CC1C. The summed E-state index contributed by atoms with van der Waals surface area (Å²) in [5.74, 6) is -0.437. The Morgan fingerprint density at radius 1 is 1.37 bits per heavy atom. The van der Waals surface area contributed by atoms with Crippen LogP contribution in [-0.4, -0.2) is 43.4 Å². The maximum absolute atomic E-state index is 13.3. The van der Waals surface area contributed by atoms with Crippen LogP contribution in [0.25, 0.3) is 0 Å². The van der Waals surface area contributed by atoms with Crippen LogP contribution >= 0.6 is 0 Å².